The van der Waals surface area contributed by atoms with Crippen molar-refractivity contribution in [1.29, 1.82) is 0 Å². The molecule has 1 N–H and O–H groups in total. The molecule has 0 spiro atoms. The summed E-state index contributed by atoms with van der Waals surface area (Å²) in [6, 6.07) is 17.8. The van der Waals surface area contributed by atoms with Gasteiger partial charge in [0.25, 0.3) is 5.91 Å². The predicted molar refractivity (Wildman–Crippen MR) is 95.9 cm³/mol. The molecular weight excluding hydrogens is 304 g/mol. The second-order valence-electron chi connectivity index (χ2n) is 5.36. The van der Waals surface area contributed by atoms with Crippen LogP contribution in [0, 0.1) is 6.92 Å². The third-order valence-corrected chi connectivity index (χ3v) is 4.44. The summed E-state index contributed by atoms with van der Waals surface area (Å²) >= 11 is 1.71. The van der Waals surface area contributed by atoms with Gasteiger partial charge in [-0.3, -0.25) is 9.78 Å². The monoisotopic (exact) mass is 322 g/mol. The minimum absolute atomic E-state index is 0.0688. The molecule has 2 aromatic carbocycles. The van der Waals surface area contributed by atoms with E-state index in [9.17, 15) is 4.79 Å². The Morgan fingerprint density at radius 1 is 1.13 bits per heavy atom. The predicted octanol–water partition coefficient (Wildman–Crippen LogP) is 4.20. The van der Waals surface area contributed by atoms with Gasteiger partial charge in [-0.1, -0.05) is 30.3 Å². The molecule has 4 heteroatoms. The second-order valence-corrected chi connectivity index (χ2v) is 6.24. The van der Waals surface area contributed by atoms with Crippen molar-refractivity contribution in [2.75, 3.05) is 6.26 Å². The number of nitrogens with one attached hydrogen (secondary N) is 1. The lowest BCUT2D eigenvalue weighted by Crippen LogP contribution is -2.23. The van der Waals surface area contributed by atoms with Crippen LogP contribution in [0.1, 0.15) is 21.6 Å². The van der Waals surface area contributed by atoms with Crippen molar-refractivity contribution in [3.8, 4) is 0 Å². The third-order valence-electron chi connectivity index (χ3n) is 3.70. The van der Waals surface area contributed by atoms with Crippen LogP contribution >= 0.6 is 11.8 Å². The highest BCUT2D eigenvalue weighted by Gasteiger charge is 2.11. The van der Waals surface area contributed by atoms with Crippen LogP contribution in [0.5, 0.6) is 0 Å². The molecule has 1 aromatic heterocycles. The fourth-order valence-corrected chi connectivity index (χ4v) is 2.92. The molecule has 0 fully saturated rings. The molecule has 3 nitrogen and oxygen atoms in total. The van der Waals surface area contributed by atoms with Gasteiger partial charge >= 0.3 is 0 Å². The number of aromatic nitrogens is 1. The topological polar surface area (TPSA) is 42.0 Å². The highest BCUT2D eigenvalue weighted by Crippen LogP contribution is 2.18. The fraction of sp³-hybridized carbons (Fsp3) is 0.158. The van der Waals surface area contributed by atoms with E-state index >= 15 is 0 Å². The van der Waals surface area contributed by atoms with Crippen LogP contribution in [0.4, 0.5) is 0 Å². The van der Waals surface area contributed by atoms with Gasteiger partial charge in [0.05, 0.1) is 11.1 Å². The molecule has 3 aromatic rings. The van der Waals surface area contributed by atoms with E-state index in [1.165, 1.54) is 4.90 Å². The largest absolute Gasteiger partial charge is 0.348 e. The SMILES string of the molecule is CSc1ccc(CNC(=O)c2cc(C)nc3ccccc23)cc1. The third kappa shape index (κ3) is 3.54. The maximum absolute atomic E-state index is 12.6. The Bertz CT molecular complexity index is 844. The number of hydrogen-bond acceptors (Lipinski definition) is 3. The van der Waals surface area contributed by atoms with Crippen molar-refractivity contribution in [3.05, 3.63) is 71.4 Å². The van der Waals surface area contributed by atoms with Gasteiger partial charge in [0.15, 0.2) is 0 Å². The van der Waals surface area contributed by atoms with E-state index < -0.39 is 0 Å². The quantitative estimate of drug-likeness (QED) is 0.732. The lowest BCUT2D eigenvalue weighted by Gasteiger charge is -2.09. The van der Waals surface area contributed by atoms with E-state index in [0.717, 1.165) is 22.2 Å². The first-order valence-electron chi connectivity index (χ1n) is 7.45. The summed E-state index contributed by atoms with van der Waals surface area (Å²) in [4.78, 5) is 18.3. The Kier molecular flexibility index (Phi) is 4.63. The van der Waals surface area contributed by atoms with Crippen LogP contribution in [0.3, 0.4) is 0 Å². The van der Waals surface area contributed by atoms with E-state index in [1.807, 2.05) is 55.6 Å². The first-order chi connectivity index (χ1) is 11.2. The van der Waals surface area contributed by atoms with Crippen molar-refractivity contribution >= 4 is 28.6 Å². The van der Waals surface area contributed by atoms with Crippen LogP contribution in [-0.4, -0.2) is 17.1 Å². The molecule has 0 radical (unpaired) electrons. The lowest BCUT2D eigenvalue weighted by atomic mass is 10.1. The van der Waals surface area contributed by atoms with Gasteiger partial charge in [-0.15, -0.1) is 11.8 Å². The molecule has 0 atom stereocenters. The van der Waals surface area contributed by atoms with Gasteiger partial charge in [-0.25, -0.2) is 0 Å². The molecule has 116 valence electrons. The number of carbonyl (C=O) groups excluding carboxylic acids is 1. The van der Waals surface area contributed by atoms with Crippen molar-refractivity contribution < 1.29 is 4.79 Å². The number of hydrogen-bond donors (Lipinski definition) is 1. The van der Waals surface area contributed by atoms with Gasteiger partial charge in [0.2, 0.25) is 0 Å². The van der Waals surface area contributed by atoms with Crippen molar-refractivity contribution in [3.63, 3.8) is 0 Å². The molecular formula is C19H18N2OS. The Morgan fingerprint density at radius 2 is 1.87 bits per heavy atom. The molecule has 0 aliphatic heterocycles. The standard InChI is InChI=1S/C19H18N2OS/c1-13-11-17(16-5-3-4-6-18(16)21-13)19(22)20-12-14-7-9-15(23-2)10-8-14/h3-11H,12H2,1-2H3,(H,20,22). The molecule has 0 aliphatic carbocycles. The molecule has 1 heterocycles. The van der Waals surface area contributed by atoms with Crippen LogP contribution in [0.15, 0.2) is 59.5 Å². The summed E-state index contributed by atoms with van der Waals surface area (Å²) in [5.41, 5.74) is 3.46. The average Bonchev–Trinajstić information content (AvgIpc) is 2.59. The molecule has 23 heavy (non-hydrogen) atoms. The highest BCUT2D eigenvalue weighted by atomic mass is 32.2. The number of rotatable bonds is 4. The van der Waals surface area contributed by atoms with E-state index in [1.54, 1.807) is 11.8 Å². The van der Waals surface area contributed by atoms with E-state index in [0.29, 0.717) is 12.1 Å². The number of pyridine rings is 1. The number of amides is 1. The maximum Gasteiger partial charge on any atom is 0.252 e. The lowest BCUT2D eigenvalue weighted by molar-refractivity contribution is 0.0952. The second kappa shape index (κ2) is 6.84. The maximum atomic E-state index is 12.6. The van der Waals surface area contributed by atoms with Crippen molar-refractivity contribution in [1.82, 2.24) is 10.3 Å². The van der Waals surface area contributed by atoms with Crippen LogP contribution in [-0.2, 0) is 6.54 Å². The molecule has 3 rings (SSSR count). The average molecular weight is 322 g/mol. The van der Waals surface area contributed by atoms with Crippen LogP contribution in [0.2, 0.25) is 0 Å². The molecule has 0 unspecified atom stereocenters. The molecule has 1 amide bonds. The summed E-state index contributed by atoms with van der Waals surface area (Å²) in [6.07, 6.45) is 2.05. The first kappa shape index (κ1) is 15.6. The molecule has 0 aliphatic rings. The number of aryl methyl sites for hydroxylation is 1. The van der Waals surface area contributed by atoms with E-state index in [4.69, 9.17) is 0 Å². The highest BCUT2D eigenvalue weighted by molar-refractivity contribution is 7.98. The Hall–Kier alpha value is -2.33. The number of thioether (sulfide) groups is 1. The minimum Gasteiger partial charge on any atom is -0.348 e. The first-order valence-corrected chi connectivity index (χ1v) is 8.67. The summed E-state index contributed by atoms with van der Waals surface area (Å²) in [7, 11) is 0. The van der Waals surface area contributed by atoms with Gasteiger partial charge in [0, 0.05) is 22.5 Å². The summed E-state index contributed by atoms with van der Waals surface area (Å²) in [5, 5.41) is 3.88. The molecule has 0 bridgehead atoms. The number of carbonyl (C=O) groups is 1. The summed E-state index contributed by atoms with van der Waals surface area (Å²) in [6.45, 7) is 2.42. The van der Waals surface area contributed by atoms with E-state index in [2.05, 4.69) is 22.4 Å². The Balaban J connectivity index is 1.80. The summed E-state index contributed by atoms with van der Waals surface area (Å²) in [5.74, 6) is -0.0688. The normalized spacial score (nSPS) is 10.7. The smallest absolute Gasteiger partial charge is 0.252 e. The van der Waals surface area contributed by atoms with Crippen molar-refractivity contribution in [2.45, 2.75) is 18.4 Å². The van der Waals surface area contributed by atoms with Gasteiger partial charge in [0.1, 0.15) is 0 Å². The number of para-hydroxylation sites is 1. The van der Waals surface area contributed by atoms with Gasteiger partial charge in [-0.2, -0.15) is 0 Å². The summed E-state index contributed by atoms with van der Waals surface area (Å²) < 4.78 is 0. The Labute approximate surface area is 140 Å². The zero-order valence-electron chi connectivity index (χ0n) is 13.2. The van der Waals surface area contributed by atoms with Crippen LogP contribution < -0.4 is 5.32 Å². The van der Waals surface area contributed by atoms with Gasteiger partial charge in [-0.05, 0) is 43.0 Å². The van der Waals surface area contributed by atoms with E-state index in [-0.39, 0.29) is 5.91 Å². The van der Waals surface area contributed by atoms with Crippen molar-refractivity contribution in [2.24, 2.45) is 0 Å². The van der Waals surface area contributed by atoms with Gasteiger partial charge < -0.3 is 5.32 Å². The Morgan fingerprint density at radius 3 is 2.61 bits per heavy atom. The zero-order chi connectivity index (χ0) is 16.2. The number of benzene rings is 2. The zero-order valence-corrected chi connectivity index (χ0v) is 14.0. The molecule has 0 saturated heterocycles. The fourth-order valence-electron chi connectivity index (χ4n) is 2.52. The number of fused-ring (bicyclic) bond motifs is 1. The molecule has 0 saturated carbocycles. The minimum atomic E-state index is -0.0688. The number of nitrogens with zero attached hydrogens (tertiary/aromatic N) is 1. The van der Waals surface area contributed by atoms with Crippen LogP contribution in [0.25, 0.3) is 10.9 Å².